The molecule has 92 valence electrons. The fourth-order valence-electron chi connectivity index (χ4n) is 1.64. The molecule has 0 aromatic heterocycles. The molecule has 0 heterocycles. The minimum atomic E-state index is -0.975. The molecule has 3 N–H and O–H groups in total. The van der Waals surface area contributed by atoms with Gasteiger partial charge in [-0.05, 0) is 23.5 Å². The van der Waals surface area contributed by atoms with Crippen LogP contribution in [0.5, 0.6) is 0 Å². The molecule has 0 aliphatic heterocycles. The lowest BCUT2D eigenvalue weighted by molar-refractivity contribution is -0.131. The van der Waals surface area contributed by atoms with Crippen molar-refractivity contribution in [2.24, 2.45) is 11.7 Å². The largest absolute Gasteiger partial charge is 0.478 e. The van der Waals surface area contributed by atoms with Crippen molar-refractivity contribution < 1.29 is 9.90 Å². The van der Waals surface area contributed by atoms with Crippen LogP contribution in [0.4, 0.5) is 0 Å². The highest BCUT2D eigenvalue weighted by molar-refractivity contribution is 5.79. The summed E-state index contributed by atoms with van der Waals surface area (Å²) in [6, 6.07) is 7.63. The van der Waals surface area contributed by atoms with Gasteiger partial charge < -0.3 is 10.8 Å². The number of carboxylic acid groups (broad SMARTS) is 1. The molecule has 0 aliphatic rings. The van der Waals surface area contributed by atoms with Crippen LogP contribution in [0.25, 0.3) is 0 Å². The molecule has 1 aromatic carbocycles. The molecule has 1 atom stereocenters. The maximum Gasteiger partial charge on any atom is 0.328 e. The number of carboxylic acids is 1. The average Bonchev–Trinajstić information content (AvgIpc) is 2.26. The SMILES string of the molecule is CC(C)Cc1ccc(C(N)/C=C/C(=O)O)cc1. The van der Waals surface area contributed by atoms with Crippen molar-refractivity contribution in [3.8, 4) is 0 Å². The van der Waals surface area contributed by atoms with Crippen LogP contribution in [0.2, 0.25) is 0 Å². The zero-order chi connectivity index (χ0) is 12.8. The van der Waals surface area contributed by atoms with Gasteiger partial charge in [-0.1, -0.05) is 44.2 Å². The van der Waals surface area contributed by atoms with E-state index in [4.69, 9.17) is 10.8 Å². The number of nitrogens with two attached hydrogens (primary N) is 1. The molecule has 0 fully saturated rings. The maximum atomic E-state index is 10.4. The third kappa shape index (κ3) is 4.83. The number of hydrogen-bond donors (Lipinski definition) is 2. The third-order valence-electron chi connectivity index (χ3n) is 2.45. The van der Waals surface area contributed by atoms with E-state index >= 15 is 0 Å². The van der Waals surface area contributed by atoms with Gasteiger partial charge in [0.25, 0.3) is 0 Å². The normalized spacial score (nSPS) is 13.2. The minimum Gasteiger partial charge on any atom is -0.478 e. The summed E-state index contributed by atoms with van der Waals surface area (Å²) in [4.78, 5) is 10.4. The first-order valence-electron chi connectivity index (χ1n) is 5.74. The van der Waals surface area contributed by atoms with Crippen molar-refractivity contribution in [3.63, 3.8) is 0 Å². The zero-order valence-corrected chi connectivity index (χ0v) is 10.3. The van der Waals surface area contributed by atoms with E-state index in [2.05, 4.69) is 13.8 Å². The molecule has 3 heteroatoms. The van der Waals surface area contributed by atoms with Gasteiger partial charge in [-0.15, -0.1) is 0 Å². The van der Waals surface area contributed by atoms with E-state index in [1.807, 2.05) is 24.3 Å². The number of aliphatic carboxylic acids is 1. The standard InChI is InChI=1S/C14H19NO2/c1-10(2)9-11-3-5-12(6-4-11)13(15)7-8-14(16)17/h3-8,10,13H,9,15H2,1-2H3,(H,16,17)/b8-7+. The highest BCUT2D eigenvalue weighted by Crippen LogP contribution is 2.15. The zero-order valence-electron chi connectivity index (χ0n) is 10.3. The summed E-state index contributed by atoms with van der Waals surface area (Å²) in [5.74, 6) is -0.349. The van der Waals surface area contributed by atoms with Crippen molar-refractivity contribution in [1.29, 1.82) is 0 Å². The molecule has 17 heavy (non-hydrogen) atoms. The van der Waals surface area contributed by atoms with Gasteiger partial charge in [-0.25, -0.2) is 4.79 Å². The van der Waals surface area contributed by atoms with Crippen LogP contribution in [0, 0.1) is 5.92 Å². The van der Waals surface area contributed by atoms with E-state index in [1.165, 1.54) is 11.6 Å². The number of hydrogen-bond acceptors (Lipinski definition) is 2. The molecular formula is C14H19NO2. The first-order valence-corrected chi connectivity index (χ1v) is 5.74. The molecule has 1 aromatic rings. The van der Waals surface area contributed by atoms with Crippen molar-refractivity contribution in [2.75, 3.05) is 0 Å². The van der Waals surface area contributed by atoms with Gasteiger partial charge in [0, 0.05) is 12.1 Å². The second-order valence-corrected chi connectivity index (χ2v) is 4.56. The Hall–Kier alpha value is -1.61. The van der Waals surface area contributed by atoms with Crippen LogP contribution in [0.3, 0.4) is 0 Å². The van der Waals surface area contributed by atoms with Gasteiger partial charge in [-0.2, -0.15) is 0 Å². The summed E-state index contributed by atoms with van der Waals surface area (Å²) in [5.41, 5.74) is 8.05. The summed E-state index contributed by atoms with van der Waals surface area (Å²) in [6.45, 7) is 4.35. The molecule has 0 spiro atoms. The predicted octanol–water partition coefficient (Wildman–Crippen LogP) is 2.53. The minimum absolute atomic E-state index is 0.362. The Bertz CT molecular complexity index is 393. The summed E-state index contributed by atoms with van der Waals surface area (Å²) in [5, 5.41) is 8.51. The number of carbonyl (C=O) groups is 1. The van der Waals surface area contributed by atoms with Gasteiger partial charge in [0.2, 0.25) is 0 Å². The molecular weight excluding hydrogens is 214 g/mol. The highest BCUT2D eigenvalue weighted by atomic mass is 16.4. The summed E-state index contributed by atoms with van der Waals surface area (Å²) < 4.78 is 0. The molecule has 0 amide bonds. The van der Waals surface area contributed by atoms with E-state index in [1.54, 1.807) is 0 Å². The lowest BCUT2D eigenvalue weighted by Crippen LogP contribution is -2.08. The fourth-order valence-corrected chi connectivity index (χ4v) is 1.64. The van der Waals surface area contributed by atoms with Crippen LogP contribution in [0.15, 0.2) is 36.4 Å². The second-order valence-electron chi connectivity index (χ2n) is 4.56. The van der Waals surface area contributed by atoms with Crippen molar-refractivity contribution in [3.05, 3.63) is 47.5 Å². The smallest absolute Gasteiger partial charge is 0.328 e. The van der Waals surface area contributed by atoms with Gasteiger partial charge >= 0.3 is 5.97 Å². The Morgan fingerprint density at radius 2 is 1.94 bits per heavy atom. The van der Waals surface area contributed by atoms with Gasteiger partial charge in [-0.3, -0.25) is 0 Å². The Balaban J connectivity index is 2.70. The number of benzene rings is 1. The summed E-state index contributed by atoms with van der Waals surface area (Å²) in [6.07, 6.45) is 3.60. The van der Waals surface area contributed by atoms with Crippen LogP contribution < -0.4 is 5.73 Å². The summed E-state index contributed by atoms with van der Waals surface area (Å²) in [7, 11) is 0. The topological polar surface area (TPSA) is 63.3 Å². The first-order chi connectivity index (χ1) is 7.99. The lowest BCUT2D eigenvalue weighted by atomic mass is 9.99. The maximum absolute atomic E-state index is 10.4. The Labute approximate surface area is 102 Å². The van der Waals surface area contributed by atoms with E-state index < -0.39 is 5.97 Å². The molecule has 0 aliphatic carbocycles. The van der Waals surface area contributed by atoms with E-state index in [0.29, 0.717) is 5.92 Å². The van der Waals surface area contributed by atoms with E-state index in [9.17, 15) is 4.79 Å². The van der Waals surface area contributed by atoms with Crippen molar-refractivity contribution in [2.45, 2.75) is 26.3 Å². The van der Waals surface area contributed by atoms with E-state index in [0.717, 1.165) is 18.1 Å². The Morgan fingerprint density at radius 3 is 2.41 bits per heavy atom. The molecule has 0 saturated carbocycles. The second kappa shape index (κ2) is 6.21. The molecule has 0 radical (unpaired) electrons. The Morgan fingerprint density at radius 1 is 1.35 bits per heavy atom. The first kappa shape index (κ1) is 13.5. The molecule has 1 rings (SSSR count). The Kier molecular flexibility index (Phi) is 4.91. The van der Waals surface area contributed by atoms with Crippen molar-refractivity contribution >= 4 is 5.97 Å². The fraction of sp³-hybridized carbons (Fsp3) is 0.357. The third-order valence-corrected chi connectivity index (χ3v) is 2.45. The average molecular weight is 233 g/mol. The van der Waals surface area contributed by atoms with Crippen LogP contribution >= 0.6 is 0 Å². The van der Waals surface area contributed by atoms with Gasteiger partial charge in [0.05, 0.1) is 0 Å². The molecule has 3 nitrogen and oxygen atoms in total. The van der Waals surface area contributed by atoms with Crippen molar-refractivity contribution in [1.82, 2.24) is 0 Å². The van der Waals surface area contributed by atoms with Gasteiger partial charge in [0.15, 0.2) is 0 Å². The quantitative estimate of drug-likeness (QED) is 0.768. The molecule has 0 saturated heterocycles. The molecule has 0 bridgehead atoms. The van der Waals surface area contributed by atoms with Gasteiger partial charge in [0.1, 0.15) is 0 Å². The molecule has 1 unspecified atom stereocenters. The predicted molar refractivity (Wildman–Crippen MR) is 68.7 cm³/mol. The summed E-state index contributed by atoms with van der Waals surface area (Å²) >= 11 is 0. The van der Waals surface area contributed by atoms with E-state index in [-0.39, 0.29) is 6.04 Å². The number of rotatable bonds is 5. The monoisotopic (exact) mass is 233 g/mol. The highest BCUT2D eigenvalue weighted by Gasteiger charge is 2.03. The van der Waals surface area contributed by atoms with Crippen LogP contribution in [-0.2, 0) is 11.2 Å². The van der Waals surface area contributed by atoms with Crippen LogP contribution in [0.1, 0.15) is 31.0 Å². The lowest BCUT2D eigenvalue weighted by Gasteiger charge is -2.09. The van der Waals surface area contributed by atoms with Crippen LogP contribution in [-0.4, -0.2) is 11.1 Å².